The fraction of sp³-hybridized carbons (Fsp3) is 0.259. The molecule has 0 aliphatic carbocycles. The van der Waals surface area contributed by atoms with Gasteiger partial charge in [0.15, 0.2) is 0 Å². The molecule has 0 saturated carbocycles. The molecule has 0 unspecified atom stereocenters. The average Bonchev–Trinajstić information content (AvgIpc) is 3.46. The molecule has 0 spiro atoms. The van der Waals surface area contributed by atoms with E-state index in [1.165, 1.54) is 0 Å². The van der Waals surface area contributed by atoms with Gasteiger partial charge in [-0.3, -0.25) is 9.67 Å². The maximum atomic E-state index is 5.92. The zero-order chi connectivity index (χ0) is 23.5. The Morgan fingerprint density at radius 1 is 1.03 bits per heavy atom. The Labute approximate surface area is 198 Å². The minimum absolute atomic E-state index is 0.692. The maximum Gasteiger partial charge on any atom is 0.127 e. The molecule has 5 rings (SSSR count). The van der Waals surface area contributed by atoms with Gasteiger partial charge in [0.1, 0.15) is 11.5 Å². The summed E-state index contributed by atoms with van der Waals surface area (Å²) >= 11 is 0. The van der Waals surface area contributed by atoms with Gasteiger partial charge in [0.25, 0.3) is 0 Å². The summed E-state index contributed by atoms with van der Waals surface area (Å²) in [5.74, 6) is 1.70. The molecule has 0 radical (unpaired) electrons. The van der Waals surface area contributed by atoms with E-state index in [-0.39, 0.29) is 0 Å². The molecule has 0 amide bonds. The molecule has 3 aromatic heterocycles. The molecule has 7 heteroatoms. The number of hydrogen-bond donors (Lipinski definition) is 2. The summed E-state index contributed by atoms with van der Waals surface area (Å²) in [6, 6.07) is 14.4. The van der Waals surface area contributed by atoms with Gasteiger partial charge in [-0.1, -0.05) is 19.1 Å². The van der Waals surface area contributed by atoms with Crippen molar-refractivity contribution in [2.75, 3.05) is 26.8 Å². The van der Waals surface area contributed by atoms with Gasteiger partial charge in [-0.2, -0.15) is 5.10 Å². The number of fused-ring (bicyclic) bond motifs is 3. The third kappa shape index (κ3) is 4.22. The van der Waals surface area contributed by atoms with Crippen molar-refractivity contribution in [3.63, 3.8) is 0 Å². The number of aromatic nitrogens is 4. The molecule has 0 atom stereocenters. The van der Waals surface area contributed by atoms with Gasteiger partial charge in [-0.25, -0.2) is 0 Å². The number of hydrogen-bond acceptors (Lipinski definition) is 5. The smallest absolute Gasteiger partial charge is 0.127 e. The van der Waals surface area contributed by atoms with Crippen LogP contribution in [0, 0.1) is 0 Å². The Hall–Kier alpha value is -3.84. The lowest BCUT2D eigenvalue weighted by Crippen LogP contribution is -2.16. The van der Waals surface area contributed by atoms with E-state index >= 15 is 0 Å². The molecule has 174 valence electrons. The maximum absolute atomic E-state index is 5.92. The first-order chi connectivity index (χ1) is 16.7. The zero-order valence-electron chi connectivity index (χ0n) is 19.8. The highest BCUT2D eigenvalue weighted by molar-refractivity contribution is 6.16. The van der Waals surface area contributed by atoms with Crippen LogP contribution in [0.1, 0.15) is 13.3 Å². The highest BCUT2D eigenvalue weighted by Crippen LogP contribution is 2.41. The molecule has 2 aromatic carbocycles. The van der Waals surface area contributed by atoms with Gasteiger partial charge in [-0.05, 0) is 55.4 Å². The van der Waals surface area contributed by atoms with Crippen LogP contribution in [0.15, 0.2) is 61.1 Å². The number of H-pyrrole nitrogens is 1. The van der Waals surface area contributed by atoms with Crippen LogP contribution in [0.2, 0.25) is 0 Å². The van der Waals surface area contributed by atoms with Crippen LogP contribution in [-0.4, -0.2) is 46.6 Å². The van der Waals surface area contributed by atoms with E-state index in [2.05, 4.69) is 51.6 Å². The molecule has 0 aliphatic rings. The normalized spacial score (nSPS) is 11.4. The van der Waals surface area contributed by atoms with E-state index in [4.69, 9.17) is 9.47 Å². The number of benzene rings is 2. The van der Waals surface area contributed by atoms with E-state index in [0.29, 0.717) is 6.61 Å². The summed E-state index contributed by atoms with van der Waals surface area (Å²) in [7, 11) is 3.62. The fourth-order valence-corrected chi connectivity index (χ4v) is 4.32. The van der Waals surface area contributed by atoms with Crippen molar-refractivity contribution in [1.82, 2.24) is 25.1 Å². The largest absolute Gasteiger partial charge is 0.496 e. The molecule has 5 aromatic rings. The third-order valence-corrected chi connectivity index (χ3v) is 5.99. The second-order valence-electron chi connectivity index (χ2n) is 8.29. The van der Waals surface area contributed by atoms with Crippen molar-refractivity contribution in [1.29, 1.82) is 0 Å². The van der Waals surface area contributed by atoms with E-state index in [9.17, 15) is 0 Å². The van der Waals surface area contributed by atoms with Gasteiger partial charge in [0, 0.05) is 40.7 Å². The number of ether oxygens (including phenoxy) is 2. The zero-order valence-corrected chi connectivity index (χ0v) is 19.8. The fourth-order valence-electron chi connectivity index (χ4n) is 4.32. The lowest BCUT2D eigenvalue weighted by Gasteiger charge is -2.12. The van der Waals surface area contributed by atoms with Gasteiger partial charge >= 0.3 is 0 Å². The first-order valence-corrected chi connectivity index (χ1v) is 11.6. The SMILES string of the molecule is CCNCCCOc1ccc(-c2c(OC)ccc3[nH]c4cnc(-c5cnn(C)c5)cc4c23)cc1. The Balaban J connectivity index is 1.55. The molecule has 7 nitrogen and oxygen atoms in total. The third-order valence-electron chi connectivity index (χ3n) is 5.99. The van der Waals surface area contributed by atoms with Crippen molar-refractivity contribution >= 4 is 21.8 Å². The van der Waals surface area contributed by atoms with E-state index in [1.54, 1.807) is 11.8 Å². The minimum atomic E-state index is 0.692. The number of nitrogens with one attached hydrogen (secondary N) is 2. The summed E-state index contributed by atoms with van der Waals surface area (Å²) in [5, 5.41) is 9.82. The number of rotatable bonds is 9. The number of aromatic amines is 1. The van der Waals surface area contributed by atoms with Crippen LogP contribution in [-0.2, 0) is 7.05 Å². The second-order valence-corrected chi connectivity index (χ2v) is 8.29. The van der Waals surface area contributed by atoms with Crippen LogP contribution in [0.25, 0.3) is 44.2 Å². The Morgan fingerprint density at radius 2 is 1.88 bits per heavy atom. The Morgan fingerprint density at radius 3 is 2.62 bits per heavy atom. The van der Waals surface area contributed by atoms with Crippen LogP contribution >= 0.6 is 0 Å². The van der Waals surface area contributed by atoms with Crippen LogP contribution in [0.4, 0.5) is 0 Å². The van der Waals surface area contributed by atoms with Crippen LogP contribution in [0.3, 0.4) is 0 Å². The number of aryl methyl sites for hydroxylation is 1. The predicted octanol–water partition coefficient (Wildman–Crippen LogP) is 5.17. The molecule has 0 aliphatic heterocycles. The molecule has 0 bridgehead atoms. The summed E-state index contributed by atoms with van der Waals surface area (Å²) in [5.41, 5.74) is 6.02. The summed E-state index contributed by atoms with van der Waals surface area (Å²) in [4.78, 5) is 8.16. The quantitative estimate of drug-likeness (QED) is 0.300. The predicted molar refractivity (Wildman–Crippen MR) is 136 cm³/mol. The molecule has 34 heavy (non-hydrogen) atoms. The van der Waals surface area contributed by atoms with Crippen molar-refractivity contribution in [3.8, 4) is 33.9 Å². The summed E-state index contributed by atoms with van der Waals surface area (Å²) < 4.78 is 13.5. The van der Waals surface area contributed by atoms with Crippen molar-refractivity contribution in [3.05, 3.63) is 61.1 Å². The number of nitrogens with zero attached hydrogens (tertiary/aromatic N) is 3. The first kappa shape index (κ1) is 22.0. The summed E-state index contributed by atoms with van der Waals surface area (Å²) in [6.45, 7) is 4.75. The number of pyridine rings is 1. The molecule has 0 saturated heterocycles. The van der Waals surface area contributed by atoms with Crippen molar-refractivity contribution in [2.45, 2.75) is 13.3 Å². The molecule has 3 heterocycles. The topological polar surface area (TPSA) is 77.0 Å². The van der Waals surface area contributed by atoms with Crippen LogP contribution < -0.4 is 14.8 Å². The highest BCUT2D eigenvalue weighted by Gasteiger charge is 2.17. The van der Waals surface area contributed by atoms with Gasteiger partial charge in [0.2, 0.25) is 0 Å². The standard InChI is InChI=1S/C27H29N5O2/c1-4-28-12-5-13-34-20-8-6-18(7-9-20)26-25(33-3)11-10-22-27(26)21-14-23(29-16-24(21)31-22)19-15-30-32(2)17-19/h6-11,14-17,28,31H,4-5,12-13H2,1-3H3. The second kappa shape index (κ2) is 9.57. The van der Waals surface area contributed by atoms with E-state index in [1.807, 2.05) is 43.8 Å². The lowest BCUT2D eigenvalue weighted by atomic mass is 9.98. The minimum Gasteiger partial charge on any atom is -0.496 e. The van der Waals surface area contributed by atoms with Gasteiger partial charge in [0.05, 0.1) is 37.3 Å². The van der Waals surface area contributed by atoms with Crippen molar-refractivity contribution < 1.29 is 9.47 Å². The molecular weight excluding hydrogens is 426 g/mol. The summed E-state index contributed by atoms with van der Waals surface area (Å²) in [6.07, 6.45) is 6.67. The lowest BCUT2D eigenvalue weighted by molar-refractivity contribution is 0.309. The Bertz CT molecular complexity index is 1420. The monoisotopic (exact) mass is 455 g/mol. The first-order valence-electron chi connectivity index (χ1n) is 11.6. The molecule has 2 N–H and O–H groups in total. The van der Waals surface area contributed by atoms with Gasteiger partial charge < -0.3 is 19.8 Å². The molecular formula is C27H29N5O2. The molecule has 0 fully saturated rings. The van der Waals surface area contributed by atoms with Crippen molar-refractivity contribution in [2.24, 2.45) is 7.05 Å². The van der Waals surface area contributed by atoms with E-state index in [0.717, 1.165) is 75.2 Å². The highest BCUT2D eigenvalue weighted by atomic mass is 16.5. The van der Waals surface area contributed by atoms with Crippen LogP contribution in [0.5, 0.6) is 11.5 Å². The Kier molecular flexibility index (Phi) is 6.18. The van der Waals surface area contributed by atoms with Gasteiger partial charge in [-0.15, -0.1) is 0 Å². The number of methoxy groups -OCH3 is 1. The average molecular weight is 456 g/mol. The van der Waals surface area contributed by atoms with E-state index < -0.39 is 0 Å².